The second kappa shape index (κ2) is 10.1. The number of nitrogens with zero attached hydrogens (tertiary/aromatic N) is 1. The molecular weight excluding hydrogens is 416 g/mol. The molecule has 0 fully saturated rings. The molecule has 0 saturated heterocycles. The first-order valence-corrected chi connectivity index (χ1v) is 11.0. The minimum Gasteiger partial charge on any atom is -0.497 e. The first kappa shape index (κ1) is 22.3. The number of benzene rings is 3. The second-order valence-corrected chi connectivity index (χ2v) is 7.97. The molecule has 3 aromatic rings. The maximum absolute atomic E-state index is 12.9. The van der Waals surface area contributed by atoms with Gasteiger partial charge in [-0.15, -0.1) is 0 Å². The highest BCUT2D eigenvalue weighted by molar-refractivity contribution is 6.07. The molecule has 168 valence electrons. The molecule has 0 aliphatic carbocycles. The van der Waals surface area contributed by atoms with Crippen LogP contribution in [0.3, 0.4) is 0 Å². The first-order valence-electron chi connectivity index (χ1n) is 11.0. The number of ether oxygens (including phenoxy) is 1. The Bertz CT molecular complexity index is 1150. The van der Waals surface area contributed by atoms with Gasteiger partial charge in [-0.25, -0.2) is 0 Å². The van der Waals surface area contributed by atoms with E-state index in [1.54, 1.807) is 60.5 Å². The summed E-state index contributed by atoms with van der Waals surface area (Å²) in [5.74, 6) is 0.487. The lowest BCUT2D eigenvalue weighted by Gasteiger charge is -2.17. The number of methoxy groups -OCH3 is 1. The van der Waals surface area contributed by atoms with Gasteiger partial charge in [0.2, 0.25) is 5.91 Å². The predicted molar refractivity (Wildman–Crippen MR) is 128 cm³/mol. The number of nitrogens with one attached hydrogen (secondary N) is 1. The monoisotopic (exact) mass is 442 g/mol. The number of para-hydroxylation sites is 1. The van der Waals surface area contributed by atoms with Crippen molar-refractivity contribution < 1.29 is 19.1 Å². The van der Waals surface area contributed by atoms with E-state index in [1.807, 2.05) is 24.3 Å². The Morgan fingerprint density at radius 3 is 2.30 bits per heavy atom. The van der Waals surface area contributed by atoms with Gasteiger partial charge in [-0.05, 0) is 73.0 Å². The van der Waals surface area contributed by atoms with E-state index in [4.69, 9.17) is 4.74 Å². The summed E-state index contributed by atoms with van der Waals surface area (Å²) in [4.78, 5) is 39.2. The number of rotatable bonds is 8. The van der Waals surface area contributed by atoms with Crippen LogP contribution >= 0.6 is 0 Å². The summed E-state index contributed by atoms with van der Waals surface area (Å²) in [5, 5.41) is 2.83. The van der Waals surface area contributed by atoms with Gasteiger partial charge in [0, 0.05) is 41.9 Å². The van der Waals surface area contributed by atoms with Gasteiger partial charge in [-0.3, -0.25) is 14.4 Å². The lowest BCUT2D eigenvalue weighted by Crippen LogP contribution is -2.28. The van der Waals surface area contributed by atoms with Gasteiger partial charge < -0.3 is 15.0 Å². The topological polar surface area (TPSA) is 75.7 Å². The summed E-state index contributed by atoms with van der Waals surface area (Å²) in [7, 11) is 1.58. The van der Waals surface area contributed by atoms with Crippen molar-refractivity contribution in [2.24, 2.45) is 0 Å². The van der Waals surface area contributed by atoms with E-state index in [9.17, 15) is 14.4 Å². The number of Topliss-reactive ketones (excluding diaryl/α,β-unsaturated/α-hetero) is 1. The average molecular weight is 443 g/mol. The first-order chi connectivity index (χ1) is 16.0. The minimum atomic E-state index is -0.162. The number of anilines is 2. The molecule has 0 aromatic heterocycles. The molecule has 6 nitrogen and oxygen atoms in total. The van der Waals surface area contributed by atoms with Gasteiger partial charge in [0.05, 0.1) is 7.11 Å². The van der Waals surface area contributed by atoms with Crippen LogP contribution in [-0.4, -0.2) is 31.3 Å². The van der Waals surface area contributed by atoms with Crippen LogP contribution in [0, 0.1) is 0 Å². The number of amides is 2. The number of hydrogen-bond donors (Lipinski definition) is 1. The third kappa shape index (κ3) is 5.29. The molecule has 3 aromatic carbocycles. The van der Waals surface area contributed by atoms with Crippen molar-refractivity contribution in [2.45, 2.75) is 25.7 Å². The van der Waals surface area contributed by atoms with Gasteiger partial charge in [0.25, 0.3) is 5.91 Å². The molecule has 0 unspecified atom stereocenters. The molecule has 0 atom stereocenters. The van der Waals surface area contributed by atoms with Crippen LogP contribution in [0.4, 0.5) is 11.4 Å². The van der Waals surface area contributed by atoms with Crippen molar-refractivity contribution in [3.8, 4) is 5.75 Å². The minimum absolute atomic E-state index is 0.00296. The molecule has 33 heavy (non-hydrogen) atoms. The van der Waals surface area contributed by atoms with Crippen LogP contribution in [0.2, 0.25) is 0 Å². The molecule has 0 radical (unpaired) electrons. The van der Waals surface area contributed by atoms with Gasteiger partial charge >= 0.3 is 0 Å². The standard InChI is InChI=1S/C27H26N2O4/c1-33-23-15-11-20(12-16-23)25(30)7-4-8-26(31)28-22-13-9-21(10-14-22)27(32)29-18-17-19-5-2-3-6-24(19)29/h2-3,5-6,9-16H,4,7-8,17-18H2,1H3,(H,28,31). The number of hydrogen-bond acceptors (Lipinski definition) is 4. The smallest absolute Gasteiger partial charge is 0.258 e. The van der Waals surface area contributed by atoms with Crippen LogP contribution in [0.1, 0.15) is 45.5 Å². The SMILES string of the molecule is COc1ccc(C(=O)CCCC(=O)Nc2ccc(C(=O)N3CCc4ccccc43)cc2)cc1. The Morgan fingerprint density at radius 1 is 0.879 bits per heavy atom. The van der Waals surface area contributed by atoms with E-state index in [0.29, 0.717) is 42.0 Å². The summed E-state index contributed by atoms with van der Waals surface area (Å²) < 4.78 is 5.09. The number of ketones is 1. The molecule has 0 spiro atoms. The largest absolute Gasteiger partial charge is 0.497 e. The van der Waals surface area contributed by atoms with Gasteiger partial charge in [-0.1, -0.05) is 18.2 Å². The van der Waals surface area contributed by atoms with E-state index in [2.05, 4.69) is 5.32 Å². The molecule has 0 saturated carbocycles. The summed E-state index contributed by atoms with van der Waals surface area (Å²) in [6.07, 6.45) is 1.86. The van der Waals surface area contributed by atoms with Crippen molar-refractivity contribution in [2.75, 3.05) is 23.9 Å². The molecule has 1 N–H and O–H groups in total. The highest BCUT2D eigenvalue weighted by atomic mass is 16.5. The Kier molecular flexibility index (Phi) is 6.83. The van der Waals surface area contributed by atoms with Crippen LogP contribution in [0.15, 0.2) is 72.8 Å². The van der Waals surface area contributed by atoms with E-state index in [1.165, 1.54) is 5.56 Å². The Hall–Kier alpha value is -3.93. The zero-order chi connectivity index (χ0) is 23.2. The highest BCUT2D eigenvalue weighted by Gasteiger charge is 2.25. The molecule has 1 heterocycles. The third-order valence-electron chi connectivity index (χ3n) is 5.77. The highest BCUT2D eigenvalue weighted by Crippen LogP contribution is 2.29. The Balaban J connectivity index is 1.26. The fourth-order valence-electron chi connectivity index (χ4n) is 3.96. The van der Waals surface area contributed by atoms with Crippen LogP contribution in [-0.2, 0) is 11.2 Å². The third-order valence-corrected chi connectivity index (χ3v) is 5.77. The Morgan fingerprint density at radius 2 is 1.58 bits per heavy atom. The fraction of sp³-hybridized carbons (Fsp3) is 0.222. The second-order valence-electron chi connectivity index (χ2n) is 7.97. The van der Waals surface area contributed by atoms with Crippen molar-refractivity contribution >= 4 is 29.0 Å². The molecular formula is C27H26N2O4. The van der Waals surface area contributed by atoms with Gasteiger partial charge in [0.1, 0.15) is 5.75 Å². The van der Waals surface area contributed by atoms with E-state index in [0.717, 1.165) is 12.1 Å². The summed E-state index contributed by atoms with van der Waals surface area (Å²) >= 11 is 0. The van der Waals surface area contributed by atoms with Crippen molar-refractivity contribution in [3.63, 3.8) is 0 Å². The zero-order valence-electron chi connectivity index (χ0n) is 18.5. The molecule has 4 rings (SSSR count). The summed E-state index contributed by atoms with van der Waals surface area (Å²) in [6.45, 7) is 0.673. The molecule has 1 aliphatic heterocycles. The molecule has 2 amide bonds. The zero-order valence-corrected chi connectivity index (χ0v) is 18.5. The quantitative estimate of drug-likeness (QED) is 0.504. The molecule has 6 heteroatoms. The maximum atomic E-state index is 12.9. The number of carbonyl (C=O) groups is 3. The number of carbonyl (C=O) groups excluding carboxylic acids is 3. The lowest BCUT2D eigenvalue weighted by molar-refractivity contribution is -0.116. The maximum Gasteiger partial charge on any atom is 0.258 e. The lowest BCUT2D eigenvalue weighted by atomic mass is 10.1. The fourth-order valence-corrected chi connectivity index (χ4v) is 3.96. The summed E-state index contributed by atoms with van der Waals surface area (Å²) in [6, 6.07) is 21.8. The molecule has 0 bridgehead atoms. The van der Waals surface area contributed by atoms with E-state index < -0.39 is 0 Å². The summed E-state index contributed by atoms with van der Waals surface area (Å²) in [5.41, 5.74) is 3.95. The van der Waals surface area contributed by atoms with Gasteiger partial charge in [0.15, 0.2) is 5.78 Å². The number of fused-ring (bicyclic) bond motifs is 1. The predicted octanol–water partition coefficient (Wildman–Crippen LogP) is 4.89. The van der Waals surface area contributed by atoms with E-state index >= 15 is 0 Å². The van der Waals surface area contributed by atoms with E-state index in [-0.39, 0.29) is 24.0 Å². The van der Waals surface area contributed by atoms with Crippen molar-refractivity contribution in [3.05, 3.63) is 89.5 Å². The van der Waals surface area contributed by atoms with Gasteiger partial charge in [-0.2, -0.15) is 0 Å². The molecule has 1 aliphatic rings. The normalized spacial score (nSPS) is 12.2. The van der Waals surface area contributed by atoms with Crippen molar-refractivity contribution in [1.29, 1.82) is 0 Å². The van der Waals surface area contributed by atoms with Crippen LogP contribution in [0.25, 0.3) is 0 Å². The van der Waals surface area contributed by atoms with Crippen LogP contribution < -0.4 is 15.0 Å². The van der Waals surface area contributed by atoms with Crippen molar-refractivity contribution in [1.82, 2.24) is 0 Å². The Labute approximate surface area is 193 Å². The average Bonchev–Trinajstić information content (AvgIpc) is 3.28. The van der Waals surface area contributed by atoms with Crippen LogP contribution in [0.5, 0.6) is 5.75 Å².